The van der Waals surface area contributed by atoms with Gasteiger partial charge in [0, 0.05) is 10.6 Å². The highest BCUT2D eigenvalue weighted by Crippen LogP contribution is 2.41. The number of nitrogens with zero attached hydrogens (tertiary/aromatic N) is 1. The fraction of sp³-hybridized carbons (Fsp3) is 0.267. The molecule has 1 fully saturated rings. The number of carbonyl (C=O) groups excluding carboxylic acids is 3. The summed E-state index contributed by atoms with van der Waals surface area (Å²) in [4.78, 5) is 37.1. The van der Waals surface area contributed by atoms with E-state index in [-0.39, 0.29) is 17.2 Å². The number of allylic oxidation sites excluding steroid dienone is 2. The number of amides is 2. The first-order chi connectivity index (χ1) is 10.0. The molecule has 2 atom stereocenters. The minimum absolute atomic E-state index is 0.0676. The van der Waals surface area contributed by atoms with Crippen molar-refractivity contribution in [3.8, 4) is 0 Å². The number of carboxylic acid groups (broad SMARTS) is 1. The summed E-state index contributed by atoms with van der Waals surface area (Å²) in [6.45, 7) is 0. The van der Waals surface area contributed by atoms with Crippen LogP contribution < -0.4 is 10.0 Å². The van der Waals surface area contributed by atoms with Gasteiger partial charge in [-0.05, 0) is 18.9 Å². The van der Waals surface area contributed by atoms with Crippen molar-refractivity contribution in [3.05, 3.63) is 40.9 Å². The number of aromatic carboxylic acids is 1. The van der Waals surface area contributed by atoms with Gasteiger partial charge in [0.2, 0.25) is 11.8 Å². The quantitative estimate of drug-likeness (QED) is 0.766. The van der Waals surface area contributed by atoms with Gasteiger partial charge in [0.15, 0.2) is 0 Å². The van der Waals surface area contributed by atoms with Crippen molar-refractivity contribution in [1.82, 2.24) is 0 Å². The Morgan fingerprint density at radius 2 is 1.86 bits per heavy atom. The molecule has 1 aliphatic heterocycles. The first-order valence-electron chi connectivity index (χ1n) is 6.53. The predicted octanol–water partition coefficient (Wildman–Crippen LogP) is 1.07. The van der Waals surface area contributed by atoms with Crippen LogP contribution in [0.4, 0.5) is 5.69 Å². The van der Waals surface area contributed by atoms with Crippen LogP contribution >= 0.6 is 11.6 Å². The van der Waals surface area contributed by atoms with Crippen LogP contribution in [0.15, 0.2) is 35.4 Å². The largest absolute Gasteiger partial charge is 0.545 e. The van der Waals surface area contributed by atoms with E-state index in [2.05, 4.69) is 0 Å². The molecule has 2 aliphatic rings. The first kappa shape index (κ1) is 13.8. The fourth-order valence-corrected chi connectivity index (χ4v) is 3.16. The van der Waals surface area contributed by atoms with Crippen LogP contribution in [0.2, 0.25) is 0 Å². The minimum Gasteiger partial charge on any atom is -0.545 e. The monoisotopic (exact) mass is 304 g/mol. The number of carboxylic acids is 1. The molecular weight excluding hydrogens is 294 g/mol. The van der Waals surface area contributed by atoms with E-state index in [1.807, 2.05) is 0 Å². The number of benzene rings is 1. The summed E-state index contributed by atoms with van der Waals surface area (Å²) in [5.41, 5.74) is -0.102. The van der Waals surface area contributed by atoms with Gasteiger partial charge in [0.05, 0.1) is 23.5 Å². The van der Waals surface area contributed by atoms with E-state index < -0.39 is 23.7 Å². The number of carbonyl (C=O) groups is 3. The summed E-state index contributed by atoms with van der Waals surface area (Å²) in [7, 11) is 0. The smallest absolute Gasteiger partial charge is 0.238 e. The third-order valence-electron chi connectivity index (χ3n) is 3.93. The van der Waals surface area contributed by atoms with Gasteiger partial charge in [-0.15, -0.1) is 0 Å². The Hall–Kier alpha value is -2.14. The van der Waals surface area contributed by atoms with Crippen molar-refractivity contribution in [2.75, 3.05) is 4.90 Å². The third-order valence-corrected chi connectivity index (χ3v) is 4.24. The van der Waals surface area contributed by atoms with Gasteiger partial charge in [-0.25, -0.2) is 4.90 Å². The number of hydrogen-bond donors (Lipinski definition) is 0. The SMILES string of the molecule is O=C([O-])c1ccccc1N1C(=O)C2CC=C(Cl)CC2C1=O. The summed E-state index contributed by atoms with van der Waals surface area (Å²) in [6, 6.07) is 5.85. The molecule has 2 amide bonds. The molecular formula is C15H11ClNO4-. The van der Waals surface area contributed by atoms with Gasteiger partial charge in [-0.3, -0.25) is 9.59 Å². The lowest BCUT2D eigenvalue weighted by molar-refractivity contribution is -0.254. The Morgan fingerprint density at radius 1 is 1.19 bits per heavy atom. The molecule has 1 aromatic rings. The third kappa shape index (κ3) is 2.14. The van der Waals surface area contributed by atoms with Crippen LogP contribution in [0.5, 0.6) is 0 Å². The van der Waals surface area contributed by atoms with Crippen molar-refractivity contribution in [2.45, 2.75) is 12.8 Å². The van der Waals surface area contributed by atoms with Crippen LogP contribution in [0.1, 0.15) is 23.2 Å². The molecule has 0 spiro atoms. The summed E-state index contributed by atoms with van der Waals surface area (Å²) < 4.78 is 0. The van der Waals surface area contributed by atoms with E-state index in [1.54, 1.807) is 12.1 Å². The second-order valence-electron chi connectivity index (χ2n) is 5.12. The Kier molecular flexibility index (Phi) is 3.29. The Balaban J connectivity index is 2.04. The second kappa shape index (κ2) is 5.00. The van der Waals surface area contributed by atoms with E-state index in [4.69, 9.17) is 11.6 Å². The van der Waals surface area contributed by atoms with Crippen LogP contribution in [0.3, 0.4) is 0 Å². The molecule has 5 nitrogen and oxygen atoms in total. The van der Waals surface area contributed by atoms with Gasteiger partial charge >= 0.3 is 0 Å². The van der Waals surface area contributed by atoms with Crippen molar-refractivity contribution in [1.29, 1.82) is 0 Å². The Bertz CT molecular complexity index is 682. The average molecular weight is 305 g/mol. The zero-order chi connectivity index (χ0) is 15.1. The number of anilines is 1. The Labute approximate surface area is 125 Å². The normalized spacial score (nSPS) is 24.8. The standard InChI is InChI=1S/C15H12ClNO4/c16-8-5-6-9-11(7-8)14(19)17(13(9)18)12-4-2-1-3-10(12)15(20)21/h1-5,9,11H,6-7H2,(H,20,21)/p-1. The van der Waals surface area contributed by atoms with Gasteiger partial charge < -0.3 is 9.90 Å². The molecule has 21 heavy (non-hydrogen) atoms. The number of rotatable bonds is 2. The molecule has 2 unspecified atom stereocenters. The molecule has 0 aromatic heterocycles. The van der Waals surface area contributed by atoms with E-state index in [0.29, 0.717) is 17.9 Å². The van der Waals surface area contributed by atoms with E-state index in [1.165, 1.54) is 18.2 Å². The summed E-state index contributed by atoms with van der Waals surface area (Å²) >= 11 is 5.95. The summed E-state index contributed by atoms with van der Waals surface area (Å²) in [5, 5.41) is 11.7. The van der Waals surface area contributed by atoms with Crippen LogP contribution in [0.25, 0.3) is 0 Å². The number of hydrogen-bond acceptors (Lipinski definition) is 4. The fourth-order valence-electron chi connectivity index (χ4n) is 2.91. The van der Waals surface area contributed by atoms with Crippen LogP contribution in [0, 0.1) is 11.8 Å². The van der Waals surface area contributed by atoms with E-state index in [9.17, 15) is 19.5 Å². The zero-order valence-corrected chi connectivity index (χ0v) is 11.7. The maximum atomic E-state index is 12.5. The van der Waals surface area contributed by atoms with Gasteiger partial charge in [0.25, 0.3) is 0 Å². The van der Waals surface area contributed by atoms with E-state index in [0.717, 1.165) is 4.90 Å². The highest BCUT2D eigenvalue weighted by molar-refractivity contribution is 6.31. The van der Waals surface area contributed by atoms with Crippen molar-refractivity contribution in [3.63, 3.8) is 0 Å². The van der Waals surface area contributed by atoms with Crippen molar-refractivity contribution in [2.24, 2.45) is 11.8 Å². The van der Waals surface area contributed by atoms with E-state index >= 15 is 0 Å². The molecule has 6 heteroatoms. The highest BCUT2D eigenvalue weighted by atomic mass is 35.5. The molecule has 1 saturated heterocycles. The molecule has 0 bridgehead atoms. The second-order valence-corrected chi connectivity index (χ2v) is 5.61. The molecule has 1 aromatic carbocycles. The molecule has 0 saturated carbocycles. The first-order valence-corrected chi connectivity index (χ1v) is 6.91. The molecule has 108 valence electrons. The average Bonchev–Trinajstić information content (AvgIpc) is 2.70. The lowest BCUT2D eigenvalue weighted by atomic mass is 9.85. The maximum Gasteiger partial charge on any atom is 0.238 e. The predicted molar refractivity (Wildman–Crippen MR) is 73.4 cm³/mol. The summed E-state index contributed by atoms with van der Waals surface area (Å²) in [5.74, 6) is -3.17. The summed E-state index contributed by atoms with van der Waals surface area (Å²) in [6.07, 6.45) is 2.46. The van der Waals surface area contributed by atoms with Crippen molar-refractivity contribution < 1.29 is 19.5 Å². The zero-order valence-electron chi connectivity index (χ0n) is 10.9. The molecule has 0 radical (unpaired) electrons. The molecule has 1 aliphatic carbocycles. The topological polar surface area (TPSA) is 77.5 Å². The van der Waals surface area contributed by atoms with Crippen LogP contribution in [-0.2, 0) is 9.59 Å². The van der Waals surface area contributed by atoms with Crippen LogP contribution in [-0.4, -0.2) is 17.8 Å². The molecule has 1 heterocycles. The molecule has 0 N–H and O–H groups in total. The lowest BCUT2D eigenvalue weighted by Gasteiger charge is -2.19. The molecule has 3 rings (SSSR count). The van der Waals surface area contributed by atoms with Gasteiger partial charge in [-0.1, -0.05) is 35.9 Å². The number of fused-ring (bicyclic) bond motifs is 1. The number of halogens is 1. The number of imide groups is 1. The Morgan fingerprint density at radius 3 is 2.57 bits per heavy atom. The van der Waals surface area contributed by atoms with Crippen molar-refractivity contribution >= 4 is 35.1 Å². The maximum absolute atomic E-state index is 12.5. The van der Waals surface area contributed by atoms with Gasteiger partial charge in [0.1, 0.15) is 0 Å². The van der Waals surface area contributed by atoms with Gasteiger partial charge in [-0.2, -0.15) is 0 Å². The highest BCUT2D eigenvalue weighted by Gasteiger charge is 2.49. The lowest BCUT2D eigenvalue weighted by Crippen LogP contribution is -2.34. The number of para-hydroxylation sites is 1. The minimum atomic E-state index is -1.42.